The summed E-state index contributed by atoms with van der Waals surface area (Å²) in [5, 5.41) is 32.8. The number of primary amides is 1. The number of carboxylic acids is 3. The molecule has 0 aliphatic carbocycles. The van der Waals surface area contributed by atoms with E-state index in [4.69, 9.17) is 26.8 Å². The molecule has 0 aliphatic rings. The number of aliphatic carboxylic acids is 3. The van der Waals surface area contributed by atoms with Crippen molar-refractivity contribution in [3.63, 3.8) is 0 Å². The minimum Gasteiger partial charge on any atom is -0.481 e. The van der Waals surface area contributed by atoms with Gasteiger partial charge in [-0.15, -0.1) is 0 Å². The molecule has 0 aromatic rings. The molecule has 33 heavy (non-hydrogen) atoms. The molecular formula is C17H27N5O10S. The molecule has 0 bridgehead atoms. The molecule has 16 heteroatoms. The molecule has 0 fully saturated rings. The number of thiol groups is 1. The molecule has 4 atom stereocenters. The molecule has 0 radical (unpaired) electrons. The maximum Gasteiger partial charge on any atom is 0.326 e. The third-order valence-corrected chi connectivity index (χ3v) is 4.49. The van der Waals surface area contributed by atoms with Crippen molar-refractivity contribution in [2.45, 2.75) is 56.3 Å². The van der Waals surface area contributed by atoms with E-state index in [1.165, 1.54) is 0 Å². The van der Waals surface area contributed by atoms with Gasteiger partial charge in [0, 0.05) is 18.6 Å². The fraction of sp³-hybridized carbons (Fsp3) is 0.588. The molecule has 0 aromatic heterocycles. The first kappa shape index (κ1) is 29.6. The van der Waals surface area contributed by atoms with Gasteiger partial charge in [-0.2, -0.15) is 12.6 Å². The largest absolute Gasteiger partial charge is 0.481 e. The van der Waals surface area contributed by atoms with Crippen molar-refractivity contribution >= 4 is 54.2 Å². The number of carbonyl (C=O) groups is 7. The predicted molar refractivity (Wildman–Crippen MR) is 113 cm³/mol. The van der Waals surface area contributed by atoms with Crippen LogP contribution in [0.3, 0.4) is 0 Å². The van der Waals surface area contributed by atoms with Gasteiger partial charge in [-0.1, -0.05) is 0 Å². The summed E-state index contributed by atoms with van der Waals surface area (Å²) in [4.78, 5) is 80.7. The van der Waals surface area contributed by atoms with Crippen molar-refractivity contribution in [3.05, 3.63) is 0 Å². The molecule has 0 saturated carbocycles. The van der Waals surface area contributed by atoms with Crippen LogP contribution in [-0.4, -0.2) is 86.8 Å². The molecule has 10 N–H and O–H groups in total. The fourth-order valence-electron chi connectivity index (χ4n) is 2.36. The summed E-state index contributed by atoms with van der Waals surface area (Å²) in [5.74, 6) is -8.31. The van der Waals surface area contributed by atoms with Crippen LogP contribution in [0.1, 0.15) is 32.1 Å². The van der Waals surface area contributed by atoms with Gasteiger partial charge in [-0.3, -0.25) is 28.8 Å². The molecule has 0 aliphatic heterocycles. The molecule has 0 heterocycles. The van der Waals surface area contributed by atoms with Gasteiger partial charge < -0.3 is 42.7 Å². The van der Waals surface area contributed by atoms with Gasteiger partial charge in [0.15, 0.2) is 0 Å². The smallest absolute Gasteiger partial charge is 0.326 e. The molecule has 0 rings (SSSR count). The van der Waals surface area contributed by atoms with E-state index in [9.17, 15) is 33.6 Å². The minimum atomic E-state index is -1.77. The number of nitrogens with one attached hydrogen (secondary N) is 3. The first-order chi connectivity index (χ1) is 15.3. The average molecular weight is 493 g/mol. The molecule has 15 nitrogen and oxygen atoms in total. The lowest BCUT2D eigenvalue weighted by atomic mass is 10.1. The standard InChI is InChI=1S/C17H27N5O10S/c18-7(1-4-12(24)25)14(28)20-8(2-3-11(19)23)15(29)22-10(6-33)16(30)21-9(17(31)32)5-13(26)27/h7-10,33H,1-6,18H2,(H2,19,23)(H,20,28)(H,21,30)(H,22,29)(H,24,25)(H,26,27)(H,31,32). The molecular weight excluding hydrogens is 466 g/mol. The minimum absolute atomic E-state index is 0.229. The molecule has 0 spiro atoms. The van der Waals surface area contributed by atoms with E-state index < -0.39 is 78.5 Å². The van der Waals surface area contributed by atoms with Crippen LogP contribution in [0, 0.1) is 0 Å². The molecule has 186 valence electrons. The number of carboxylic acid groups (broad SMARTS) is 3. The molecule has 4 amide bonds. The Balaban J connectivity index is 5.31. The van der Waals surface area contributed by atoms with E-state index in [-0.39, 0.29) is 25.0 Å². The number of carbonyl (C=O) groups excluding carboxylic acids is 4. The highest BCUT2D eigenvalue weighted by molar-refractivity contribution is 7.80. The Bertz CT molecular complexity index is 777. The highest BCUT2D eigenvalue weighted by Crippen LogP contribution is 2.03. The Morgan fingerprint density at radius 2 is 1.24 bits per heavy atom. The Morgan fingerprint density at radius 1 is 0.727 bits per heavy atom. The summed E-state index contributed by atoms with van der Waals surface area (Å²) in [6.07, 6.45) is -2.17. The lowest BCUT2D eigenvalue weighted by molar-refractivity contribution is -0.147. The highest BCUT2D eigenvalue weighted by Gasteiger charge is 2.30. The van der Waals surface area contributed by atoms with Crippen LogP contribution >= 0.6 is 12.6 Å². The van der Waals surface area contributed by atoms with Crippen LogP contribution in [0.4, 0.5) is 0 Å². The molecule has 0 saturated heterocycles. The van der Waals surface area contributed by atoms with Crippen LogP contribution in [-0.2, 0) is 33.6 Å². The number of hydrogen-bond acceptors (Lipinski definition) is 9. The van der Waals surface area contributed by atoms with Gasteiger partial charge in [-0.05, 0) is 12.8 Å². The summed E-state index contributed by atoms with van der Waals surface area (Å²) in [7, 11) is 0. The van der Waals surface area contributed by atoms with Crippen molar-refractivity contribution in [2.24, 2.45) is 11.5 Å². The summed E-state index contributed by atoms with van der Waals surface area (Å²) < 4.78 is 0. The SMILES string of the molecule is NC(=O)CCC(NC(=O)C(N)CCC(=O)O)C(=O)NC(CS)C(=O)NC(CC(=O)O)C(=O)O. The average Bonchev–Trinajstić information content (AvgIpc) is 2.71. The Kier molecular flexibility index (Phi) is 13.1. The van der Waals surface area contributed by atoms with Crippen LogP contribution in [0.2, 0.25) is 0 Å². The van der Waals surface area contributed by atoms with Crippen LogP contribution < -0.4 is 27.4 Å². The van der Waals surface area contributed by atoms with Gasteiger partial charge >= 0.3 is 17.9 Å². The maximum atomic E-state index is 12.6. The quantitative estimate of drug-likeness (QED) is 0.0947. The lowest BCUT2D eigenvalue weighted by Gasteiger charge is -2.24. The van der Waals surface area contributed by atoms with E-state index in [1.807, 2.05) is 5.32 Å². The normalized spacial score (nSPS) is 14.1. The zero-order valence-corrected chi connectivity index (χ0v) is 18.2. The zero-order valence-electron chi connectivity index (χ0n) is 17.4. The van der Waals surface area contributed by atoms with Gasteiger partial charge in [-0.25, -0.2) is 4.79 Å². The van der Waals surface area contributed by atoms with E-state index >= 15 is 0 Å². The first-order valence-electron chi connectivity index (χ1n) is 9.50. The van der Waals surface area contributed by atoms with Crippen molar-refractivity contribution in [1.29, 1.82) is 0 Å². The highest BCUT2D eigenvalue weighted by atomic mass is 32.1. The first-order valence-corrected chi connectivity index (χ1v) is 10.1. The Labute approximate surface area is 193 Å². The summed E-state index contributed by atoms with van der Waals surface area (Å²) >= 11 is 3.90. The maximum absolute atomic E-state index is 12.6. The zero-order chi connectivity index (χ0) is 25.7. The lowest BCUT2D eigenvalue weighted by Crippen LogP contribution is -2.57. The number of amides is 4. The van der Waals surface area contributed by atoms with Crippen molar-refractivity contribution in [3.8, 4) is 0 Å². The van der Waals surface area contributed by atoms with Crippen molar-refractivity contribution < 1.29 is 48.9 Å². The second-order valence-corrected chi connectivity index (χ2v) is 7.21. The second-order valence-electron chi connectivity index (χ2n) is 6.85. The van der Waals surface area contributed by atoms with Gasteiger partial charge in [0.2, 0.25) is 23.6 Å². The van der Waals surface area contributed by atoms with Crippen molar-refractivity contribution in [2.75, 3.05) is 5.75 Å². The molecule has 4 unspecified atom stereocenters. The third-order valence-electron chi connectivity index (χ3n) is 4.13. The van der Waals surface area contributed by atoms with Crippen LogP contribution in [0.25, 0.3) is 0 Å². The summed E-state index contributed by atoms with van der Waals surface area (Å²) in [6.45, 7) is 0. The van der Waals surface area contributed by atoms with Gasteiger partial charge in [0.05, 0.1) is 12.5 Å². The molecule has 0 aromatic carbocycles. The fourth-order valence-corrected chi connectivity index (χ4v) is 2.61. The monoisotopic (exact) mass is 493 g/mol. The van der Waals surface area contributed by atoms with Crippen LogP contribution in [0.15, 0.2) is 0 Å². The number of nitrogens with two attached hydrogens (primary N) is 2. The van der Waals surface area contributed by atoms with Gasteiger partial charge in [0.25, 0.3) is 0 Å². The Hall–Kier alpha value is -3.40. The van der Waals surface area contributed by atoms with E-state index in [2.05, 4.69) is 23.3 Å². The van der Waals surface area contributed by atoms with E-state index in [0.29, 0.717) is 0 Å². The topological polar surface area (TPSA) is 268 Å². The van der Waals surface area contributed by atoms with Crippen LogP contribution in [0.5, 0.6) is 0 Å². The predicted octanol–water partition coefficient (Wildman–Crippen LogP) is -3.61. The van der Waals surface area contributed by atoms with Gasteiger partial charge in [0.1, 0.15) is 18.1 Å². The van der Waals surface area contributed by atoms with Crippen molar-refractivity contribution in [1.82, 2.24) is 16.0 Å². The Morgan fingerprint density at radius 3 is 1.70 bits per heavy atom. The number of rotatable bonds is 16. The summed E-state index contributed by atoms with van der Waals surface area (Å²) in [6, 6.07) is -5.87. The van der Waals surface area contributed by atoms with E-state index in [0.717, 1.165) is 0 Å². The third kappa shape index (κ3) is 12.3. The summed E-state index contributed by atoms with van der Waals surface area (Å²) in [5.41, 5.74) is 10.6. The number of hydrogen-bond donors (Lipinski definition) is 9. The van der Waals surface area contributed by atoms with E-state index in [1.54, 1.807) is 0 Å². The second kappa shape index (κ2) is 14.6.